The molecule has 0 N–H and O–H groups in total. The first-order chi connectivity index (χ1) is 8.79. The maximum Gasteiger partial charge on any atom is 0.129 e. The van der Waals surface area contributed by atoms with Crippen LogP contribution in [0.15, 0.2) is 12.3 Å². The van der Waals surface area contributed by atoms with Crippen LogP contribution >= 0.6 is 23.2 Å². The van der Waals surface area contributed by atoms with Crippen LogP contribution in [0.2, 0.25) is 5.02 Å². The van der Waals surface area contributed by atoms with E-state index in [9.17, 15) is 0 Å². The second kappa shape index (κ2) is 5.26. The zero-order valence-corrected chi connectivity index (χ0v) is 11.9. The minimum Gasteiger partial charge on any atom is -0.353 e. The number of rotatable bonds is 2. The van der Waals surface area contributed by atoms with E-state index < -0.39 is 0 Å². The second-order valence-corrected chi connectivity index (χ2v) is 6.04. The van der Waals surface area contributed by atoms with E-state index in [1.165, 1.54) is 32.1 Å². The molecule has 0 amide bonds. The number of hydrogen-bond acceptors (Lipinski definition) is 2. The summed E-state index contributed by atoms with van der Waals surface area (Å²) < 4.78 is 0. The Kier molecular flexibility index (Phi) is 3.67. The molecule has 1 aromatic heterocycles. The molecule has 2 nitrogen and oxygen atoms in total. The highest BCUT2D eigenvalue weighted by molar-refractivity contribution is 6.32. The summed E-state index contributed by atoms with van der Waals surface area (Å²) in [6.45, 7) is 1.12. The number of hydrogen-bond donors (Lipinski definition) is 0. The van der Waals surface area contributed by atoms with Crippen molar-refractivity contribution in [2.24, 2.45) is 5.92 Å². The largest absolute Gasteiger partial charge is 0.353 e. The fourth-order valence-electron chi connectivity index (χ4n) is 3.47. The smallest absolute Gasteiger partial charge is 0.129 e. The molecule has 0 bridgehead atoms. The van der Waals surface area contributed by atoms with E-state index in [0.717, 1.165) is 23.8 Å². The van der Waals surface area contributed by atoms with Gasteiger partial charge in [0.1, 0.15) is 5.82 Å². The number of halogens is 2. The molecule has 98 valence electrons. The number of aromatic nitrogens is 1. The molecule has 0 spiro atoms. The normalized spacial score (nSPS) is 27.3. The maximum absolute atomic E-state index is 6.08. The van der Waals surface area contributed by atoms with Gasteiger partial charge >= 0.3 is 0 Å². The van der Waals surface area contributed by atoms with Gasteiger partial charge in [-0.15, -0.1) is 11.6 Å². The molecule has 18 heavy (non-hydrogen) atoms. The lowest BCUT2D eigenvalue weighted by molar-refractivity contribution is 0.360. The van der Waals surface area contributed by atoms with Gasteiger partial charge in [-0.05, 0) is 43.2 Å². The quantitative estimate of drug-likeness (QED) is 0.755. The third kappa shape index (κ3) is 2.21. The fraction of sp³-hybridized carbons (Fsp3) is 0.643. The van der Waals surface area contributed by atoms with Gasteiger partial charge in [0.25, 0.3) is 0 Å². The van der Waals surface area contributed by atoms with Crippen LogP contribution in [-0.4, -0.2) is 17.6 Å². The van der Waals surface area contributed by atoms with Crippen molar-refractivity contribution in [2.45, 2.75) is 44.0 Å². The van der Waals surface area contributed by atoms with Gasteiger partial charge < -0.3 is 4.90 Å². The predicted octanol–water partition coefficient (Wildman–Crippen LogP) is 4.24. The summed E-state index contributed by atoms with van der Waals surface area (Å²) in [6, 6.07) is 2.76. The molecular weight excluding hydrogens is 267 g/mol. The molecule has 2 atom stereocenters. The third-order valence-corrected chi connectivity index (χ3v) is 4.98. The van der Waals surface area contributed by atoms with Crippen molar-refractivity contribution < 1.29 is 0 Å². The van der Waals surface area contributed by atoms with E-state index in [4.69, 9.17) is 23.2 Å². The number of nitrogens with zero attached hydrogens (tertiary/aromatic N) is 2. The van der Waals surface area contributed by atoms with Crippen LogP contribution in [0, 0.1) is 5.92 Å². The van der Waals surface area contributed by atoms with Crippen molar-refractivity contribution in [3.63, 3.8) is 0 Å². The summed E-state index contributed by atoms with van der Waals surface area (Å²) in [5, 5.41) is 0.675. The van der Waals surface area contributed by atoms with Crippen LogP contribution in [0.25, 0.3) is 0 Å². The van der Waals surface area contributed by atoms with Crippen LogP contribution < -0.4 is 4.90 Å². The molecule has 2 aliphatic rings. The van der Waals surface area contributed by atoms with Crippen molar-refractivity contribution in [3.8, 4) is 0 Å². The molecule has 1 saturated carbocycles. The first kappa shape index (κ1) is 12.6. The van der Waals surface area contributed by atoms with E-state index in [1.807, 2.05) is 0 Å². The highest BCUT2D eigenvalue weighted by atomic mass is 35.5. The molecule has 4 heteroatoms. The number of piperidine rings is 1. The topological polar surface area (TPSA) is 16.1 Å². The molecule has 0 radical (unpaired) electrons. The van der Waals surface area contributed by atoms with Gasteiger partial charge in [0.15, 0.2) is 0 Å². The van der Waals surface area contributed by atoms with Crippen molar-refractivity contribution >= 4 is 29.0 Å². The minimum atomic E-state index is 0.455. The van der Waals surface area contributed by atoms with Gasteiger partial charge in [-0.1, -0.05) is 18.0 Å². The molecule has 1 aromatic rings. The molecule has 2 heterocycles. The molecule has 0 aromatic carbocycles. The Balaban J connectivity index is 1.89. The van der Waals surface area contributed by atoms with Crippen molar-refractivity contribution in [3.05, 3.63) is 22.8 Å². The average molecular weight is 285 g/mol. The van der Waals surface area contributed by atoms with Gasteiger partial charge in [-0.3, -0.25) is 0 Å². The lowest BCUT2D eigenvalue weighted by atomic mass is 9.92. The Hall–Kier alpha value is -0.470. The van der Waals surface area contributed by atoms with E-state index in [-0.39, 0.29) is 0 Å². The second-order valence-electron chi connectivity index (χ2n) is 5.36. The Labute approximate surface area is 118 Å². The first-order valence-corrected chi connectivity index (χ1v) is 7.68. The van der Waals surface area contributed by atoms with Gasteiger partial charge in [0, 0.05) is 24.7 Å². The molecule has 1 saturated heterocycles. The van der Waals surface area contributed by atoms with Crippen LogP contribution in [0.5, 0.6) is 0 Å². The molecule has 2 unspecified atom stereocenters. The summed E-state index contributed by atoms with van der Waals surface area (Å²) in [4.78, 5) is 6.99. The zero-order valence-electron chi connectivity index (χ0n) is 10.4. The monoisotopic (exact) mass is 284 g/mol. The van der Waals surface area contributed by atoms with Crippen molar-refractivity contribution in [1.82, 2.24) is 4.98 Å². The summed E-state index contributed by atoms with van der Waals surface area (Å²) in [5.74, 6) is 2.39. The van der Waals surface area contributed by atoms with E-state index in [1.54, 1.807) is 6.20 Å². The van der Waals surface area contributed by atoms with Gasteiger partial charge in [-0.2, -0.15) is 0 Å². The number of anilines is 1. The van der Waals surface area contributed by atoms with Crippen molar-refractivity contribution in [2.75, 3.05) is 11.4 Å². The Bertz CT molecular complexity index is 436. The van der Waals surface area contributed by atoms with E-state index >= 15 is 0 Å². The standard InChI is InChI=1S/C14H18Cl2N2/c15-8-11-7-14(17-9-12(11)16)18-6-2-4-10-3-1-5-13(10)18/h7,9-10,13H,1-6,8H2. The van der Waals surface area contributed by atoms with E-state index in [0.29, 0.717) is 16.9 Å². The molecular formula is C14H18Cl2N2. The van der Waals surface area contributed by atoms with Gasteiger partial charge in [-0.25, -0.2) is 4.98 Å². The average Bonchev–Trinajstić information content (AvgIpc) is 2.87. The minimum absolute atomic E-state index is 0.455. The highest BCUT2D eigenvalue weighted by Crippen LogP contribution is 2.39. The van der Waals surface area contributed by atoms with E-state index in [2.05, 4.69) is 16.0 Å². The maximum atomic E-state index is 6.08. The lowest BCUT2D eigenvalue weighted by Gasteiger charge is -2.38. The molecule has 3 rings (SSSR count). The number of fused-ring (bicyclic) bond motifs is 1. The van der Waals surface area contributed by atoms with Crippen LogP contribution in [0.4, 0.5) is 5.82 Å². The third-order valence-electron chi connectivity index (χ3n) is 4.35. The van der Waals surface area contributed by atoms with Gasteiger partial charge in [0.05, 0.1) is 5.02 Å². The first-order valence-electron chi connectivity index (χ1n) is 6.76. The SMILES string of the molecule is ClCc1cc(N2CCCC3CCCC32)ncc1Cl. The van der Waals surface area contributed by atoms with Crippen molar-refractivity contribution in [1.29, 1.82) is 0 Å². The summed E-state index contributed by atoms with van der Waals surface area (Å²) in [7, 11) is 0. The molecule has 1 aliphatic carbocycles. The Morgan fingerprint density at radius 3 is 2.94 bits per heavy atom. The van der Waals surface area contributed by atoms with Crippen LogP contribution in [-0.2, 0) is 5.88 Å². The Morgan fingerprint density at radius 1 is 1.28 bits per heavy atom. The Morgan fingerprint density at radius 2 is 2.11 bits per heavy atom. The highest BCUT2D eigenvalue weighted by Gasteiger charge is 2.35. The summed E-state index contributed by atoms with van der Waals surface area (Å²) >= 11 is 12.0. The number of alkyl halides is 1. The van der Waals surface area contributed by atoms with Crippen LogP contribution in [0.3, 0.4) is 0 Å². The molecule has 2 fully saturated rings. The zero-order chi connectivity index (χ0) is 12.5. The summed E-state index contributed by atoms with van der Waals surface area (Å²) in [6.07, 6.45) is 8.47. The molecule has 1 aliphatic heterocycles. The van der Waals surface area contributed by atoms with Gasteiger partial charge in [0.2, 0.25) is 0 Å². The van der Waals surface area contributed by atoms with Crippen LogP contribution in [0.1, 0.15) is 37.7 Å². The number of pyridine rings is 1. The lowest BCUT2D eigenvalue weighted by Crippen LogP contribution is -2.43. The fourth-order valence-corrected chi connectivity index (χ4v) is 3.93. The predicted molar refractivity (Wildman–Crippen MR) is 76.5 cm³/mol. The summed E-state index contributed by atoms with van der Waals surface area (Å²) in [5.41, 5.74) is 0.989.